The lowest BCUT2D eigenvalue weighted by Crippen LogP contribution is -2.53. The van der Waals surface area contributed by atoms with Crippen LogP contribution in [0.2, 0.25) is 0 Å². The van der Waals surface area contributed by atoms with E-state index in [2.05, 4.69) is 0 Å². The monoisotopic (exact) mass is 411 g/mol. The number of amides is 4. The Morgan fingerprint density at radius 1 is 0.966 bits per heavy atom. The van der Waals surface area contributed by atoms with Crippen LogP contribution in [0.15, 0.2) is 18.2 Å². The first-order valence-electron chi connectivity index (χ1n) is 9.16. The molecule has 2 aliphatic heterocycles. The van der Waals surface area contributed by atoms with Crippen LogP contribution in [0.3, 0.4) is 0 Å². The van der Waals surface area contributed by atoms with E-state index in [1.165, 1.54) is 23.1 Å². The highest BCUT2D eigenvalue weighted by Crippen LogP contribution is 2.26. The molecule has 0 spiro atoms. The Kier molecular flexibility index (Phi) is 5.38. The van der Waals surface area contributed by atoms with Gasteiger partial charge in [0, 0.05) is 38.3 Å². The molecule has 0 aromatic heterocycles. The van der Waals surface area contributed by atoms with Gasteiger partial charge in [0.05, 0.1) is 11.1 Å². The van der Waals surface area contributed by atoms with Crippen molar-refractivity contribution in [2.45, 2.75) is 20.0 Å². The van der Waals surface area contributed by atoms with E-state index in [1.807, 2.05) is 13.8 Å². The van der Waals surface area contributed by atoms with E-state index < -0.39 is 29.8 Å². The predicted molar refractivity (Wildman–Crippen MR) is 95.2 cm³/mol. The van der Waals surface area contributed by atoms with Crippen molar-refractivity contribution in [3.8, 4) is 0 Å². The van der Waals surface area contributed by atoms with Gasteiger partial charge in [0.15, 0.2) is 0 Å². The van der Waals surface area contributed by atoms with Crippen molar-refractivity contribution in [3.63, 3.8) is 0 Å². The molecule has 10 heteroatoms. The van der Waals surface area contributed by atoms with Gasteiger partial charge in [0.25, 0.3) is 17.7 Å². The van der Waals surface area contributed by atoms with Crippen LogP contribution in [-0.4, -0.2) is 77.2 Å². The molecule has 0 unspecified atom stereocenters. The molecule has 0 saturated carbocycles. The number of piperazine rings is 1. The summed E-state index contributed by atoms with van der Waals surface area (Å²) in [4.78, 5) is 52.1. The molecular weight excluding hydrogens is 391 g/mol. The molecule has 0 radical (unpaired) electrons. The number of rotatable bonds is 3. The van der Waals surface area contributed by atoms with E-state index in [9.17, 15) is 32.3 Å². The summed E-state index contributed by atoms with van der Waals surface area (Å²) in [6.45, 7) is 3.46. The standard InChI is InChI=1S/C19H20F3N3O4/c1-11(2)10-25-16(27)13-4-3-12(9-14(13)17(25)28)15(26)23-5-7-24(8-6-23)18(29)19(20,21)22/h3-4,9,11H,5-8,10H2,1-2H3. The van der Waals surface area contributed by atoms with Crippen LogP contribution < -0.4 is 0 Å². The van der Waals surface area contributed by atoms with Gasteiger partial charge in [-0.15, -0.1) is 0 Å². The number of imide groups is 1. The minimum absolute atomic E-state index is 0.0515. The first kappa shape index (κ1) is 20.8. The number of carbonyl (C=O) groups is 4. The number of halogens is 3. The van der Waals surface area contributed by atoms with Crippen LogP contribution in [0.25, 0.3) is 0 Å². The number of benzene rings is 1. The minimum atomic E-state index is -4.94. The number of alkyl halides is 3. The third-order valence-corrected chi connectivity index (χ3v) is 4.86. The molecule has 2 heterocycles. The van der Waals surface area contributed by atoms with Crippen LogP contribution in [-0.2, 0) is 4.79 Å². The fourth-order valence-electron chi connectivity index (χ4n) is 3.43. The second-order valence-corrected chi connectivity index (χ2v) is 7.46. The number of fused-ring (bicyclic) bond motifs is 1. The van der Waals surface area contributed by atoms with Crippen molar-refractivity contribution in [2.75, 3.05) is 32.7 Å². The molecule has 156 valence electrons. The lowest BCUT2D eigenvalue weighted by molar-refractivity contribution is -0.186. The van der Waals surface area contributed by atoms with E-state index >= 15 is 0 Å². The Balaban J connectivity index is 1.72. The average Bonchev–Trinajstić information content (AvgIpc) is 2.90. The fraction of sp³-hybridized carbons (Fsp3) is 0.474. The summed E-state index contributed by atoms with van der Waals surface area (Å²) < 4.78 is 37.6. The van der Waals surface area contributed by atoms with Gasteiger partial charge in [-0.05, 0) is 24.1 Å². The number of carbonyl (C=O) groups excluding carboxylic acids is 4. The highest BCUT2D eigenvalue weighted by Gasteiger charge is 2.43. The largest absolute Gasteiger partial charge is 0.471 e. The molecule has 1 saturated heterocycles. The zero-order valence-corrected chi connectivity index (χ0v) is 16.0. The van der Waals surface area contributed by atoms with Crippen molar-refractivity contribution < 1.29 is 32.3 Å². The first-order valence-corrected chi connectivity index (χ1v) is 9.16. The molecule has 0 atom stereocenters. The second-order valence-electron chi connectivity index (χ2n) is 7.46. The molecule has 0 bridgehead atoms. The minimum Gasteiger partial charge on any atom is -0.335 e. The van der Waals surface area contributed by atoms with Gasteiger partial charge in [-0.25, -0.2) is 0 Å². The summed E-state index contributed by atoms with van der Waals surface area (Å²) >= 11 is 0. The summed E-state index contributed by atoms with van der Waals surface area (Å²) in [5, 5.41) is 0. The molecule has 0 aliphatic carbocycles. The molecule has 3 rings (SSSR count). The molecule has 1 aromatic rings. The van der Waals surface area contributed by atoms with Gasteiger partial charge in [-0.3, -0.25) is 24.1 Å². The maximum Gasteiger partial charge on any atom is 0.471 e. The Bertz CT molecular complexity index is 874. The van der Waals surface area contributed by atoms with Gasteiger partial charge >= 0.3 is 12.1 Å². The van der Waals surface area contributed by atoms with Crippen molar-refractivity contribution in [3.05, 3.63) is 34.9 Å². The average molecular weight is 411 g/mol. The van der Waals surface area contributed by atoms with Gasteiger partial charge in [0.1, 0.15) is 0 Å². The van der Waals surface area contributed by atoms with Gasteiger partial charge < -0.3 is 9.80 Å². The van der Waals surface area contributed by atoms with Crippen LogP contribution in [0.4, 0.5) is 13.2 Å². The SMILES string of the molecule is CC(C)CN1C(=O)c2ccc(C(=O)N3CCN(C(=O)C(F)(F)F)CC3)cc2C1=O. The first-order chi connectivity index (χ1) is 13.5. The summed E-state index contributed by atoms with van der Waals surface area (Å²) in [5.41, 5.74) is 0.548. The van der Waals surface area contributed by atoms with Crippen molar-refractivity contribution in [1.29, 1.82) is 0 Å². The molecule has 2 aliphatic rings. The highest BCUT2D eigenvalue weighted by molar-refractivity contribution is 6.22. The molecule has 7 nitrogen and oxygen atoms in total. The third kappa shape index (κ3) is 3.96. The maximum atomic E-state index is 12.7. The second kappa shape index (κ2) is 7.49. The Morgan fingerprint density at radius 3 is 2.07 bits per heavy atom. The van der Waals surface area contributed by atoms with Crippen LogP contribution in [0.5, 0.6) is 0 Å². The van der Waals surface area contributed by atoms with E-state index in [4.69, 9.17) is 0 Å². The molecule has 1 aromatic carbocycles. The summed E-state index contributed by atoms with van der Waals surface area (Å²) in [6, 6.07) is 4.20. The topological polar surface area (TPSA) is 78.0 Å². The van der Waals surface area contributed by atoms with E-state index in [0.717, 1.165) is 4.90 Å². The summed E-state index contributed by atoms with van der Waals surface area (Å²) in [5.74, 6) is -3.16. The summed E-state index contributed by atoms with van der Waals surface area (Å²) in [6.07, 6.45) is -4.94. The van der Waals surface area contributed by atoms with Crippen molar-refractivity contribution >= 4 is 23.6 Å². The quantitative estimate of drug-likeness (QED) is 0.711. The van der Waals surface area contributed by atoms with Crippen molar-refractivity contribution in [1.82, 2.24) is 14.7 Å². The van der Waals surface area contributed by atoms with Gasteiger partial charge in [0.2, 0.25) is 0 Å². The fourth-order valence-corrected chi connectivity index (χ4v) is 3.43. The lowest BCUT2D eigenvalue weighted by atomic mass is 10.0. The Morgan fingerprint density at radius 2 is 1.52 bits per heavy atom. The third-order valence-electron chi connectivity index (χ3n) is 4.86. The van der Waals surface area contributed by atoms with Gasteiger partial charge in [-0.2, -0.15) is 13.2 Å². The lowest BCUT2D eigenvalue weighted by Gasteiger charge is -2.35. The highest BCUT2D eigenvalue weighted by atomic mass is 19.4. The zero-order valence-electron chi connectivity index (χ0n) is 16.0. The number of hydrogen-bond acceptors (Lipinski definition) is 4. The van der Waals surface area contributed by atoms with E-state index in [0.29, 0.717) is 4.90 Å². The predicted octanol–water partition coefficient (Wildman–Crippen LogP) is 1.79. The van der Waals surface area contributed by atoms with Crippen LogP contribution in [0, 0.1) is 5.92 Å². The normalized spacial score (nSPS) is 17.2. The summed E-state index contributed by atoms with van der Waals surface area (Å²) in [7, 11) is 0. The van der Waals surface area contributed by atoms with E-state index in [-0.39, 0.29) is 55.3 Å². The molecular formula is C19H20F3N3O4. The van der Waals surface area contributed by atoms with Crippen LogP contribution in [0.1, 0.15) is 44.9 Å². The maximum absolute atomic E-state index is 12.7. The molecule has 1 fully saturated rings. The number of nitrogens with zero attached hydrogens (tertiary/aromatic N) is 3. The van der Waals surface area contributed by atoms with Crippen LogP contribution >= 0.6 is 0 Å². The molecule has 4 amide bonds. The Labute approximate surface area is 165 Å². The van der Waals surface area contributed by atoms with E-state index in [1.54, 1.807) is 0 Å². The van der Waals surface area contributed by atoms with Crippen molar-refractivity contribution in [2.24, 2.45) is 5.92 Å². The smallest absolute Gasteiger partial charge is 0.335 e. The molecule has 0 N–H and O–H groups in total. The zero-order chi connectivity index (χ0) is 21.5. The van der Waals surface area contributed by atoms with Gasteiger partial charge in [-0.1, -0.05) is 13.8 Å². The molecule has 29 heavy (non-hydrogen) atoms. The Hall–Kier alpha value is -2.91. The number of hydrogen-bond donors (Lipinski definition) is 0.